The number of hydrogen-bond acceptors (Lipinski definition) is 4. The van der Waals surface area contributed by atoms with Crippen LogP contribution in [0.25, 0.3) is 0 Å². The molecule has 4 heteroatoms. The summed E-state index contributed by atoms with van der Waals surface area (Å²) in [6.45, 7) is 7.06. The third-order valence-corrected chi connectivity index (χ3v) is 2.49. The summed E-state index contributed by atoms with van der Waals surface area (Å²) in [6.07, 6.45) is 12.0. The zero-order valence-corrected chi connectivity index (χ0v) is 10.1. The fraction of sp³-hybridized carbons (Fsp3) is 0.143. The number of nitrogens with zero attached hydrogens (tertiary/aromatic N) is 4. The van der Waals surface area contributed by atoms with Crippen molar-refractivity contribution in [2.24, 2.45) is 20.0 Å². The van der Waals surface area contributed by atoms with Crippen LogP contribution >= 0.6 is 0 Å². The zero-order chi connectivity index (χ0) is 12.8. The molecule has 2 heterocycles. The Kier molecular flexibility index (Phi) is 3.91. The van der Waals surface area contributed by atoms with Gasteiger partial charge in [0.2, 0.25) is 0 Å². The highest BCUT2D eigenvalue weighted by Crippen LogP contribution is 2.16. The van der Waals surface area contributed by atoms with Crippen LogP contribution in [0.15, 0.2) is 69.1 Å². The summed E-state index contributed by atoms with van der Waals surface area (Å²) in [7, 11) is 0. The maximum absolute atomic E-state index is 4.47. The molecule has 0 bridgehead atoms. The van der Waals surface area contributed by atoms with Crippen LogP contribution < -0.4 is 0 Å². The van der Waals surface area contributed by atoms with Crippen molar-refractivity contribution in [2.75, 3.05) is 0 Å². The van der Waals surface area contributed by atoms with E-state index in [1.54, 1.807) is 12.4 Å². The molecule has 0 fully saturated rings. The maximum atomic E-state index is 4.47. The summed E-state index contributed by atoms with van der Waals surface area (Å²) in [6, 6.07) is 0. The third-order valence-electron chi connectivity index (χ3n) is 2.49. The summed E-state index contributed by atoms with van der Waals surface area (Å²) < 4.78 is 0. The fourth-order valence-corrected chi connectivity index (χ4v) is 1.68. The van der Waals surface area contributed by atoms with Gasteiger partial charge in [-0.1, -0.05) is 25.3 Å². The Morgan fingerprint density at radius 3 is 1.72 bits per heavy atom. The van der Waals surface area contributed by atoms with Crippen molar-refractivity contribution >= 4 is 23.9 Å². The van der Waals surface area contributed by atoms with Crippen LogP contribution in [-0.2, 0) is 0 Å². The first-order valence-electron chi connectivity index (χ1n) is 5.67. The van der Waals surface area contributed by atoms with Crippen molar-refractivity contribution in [1.82, 2.24) is 0 Å². The van der Waals surface area contributed by atoms with Crippen molar-refractivity contribution in [1.29, 1.82) is 0 Å². The van der Waals surface area contributed by atoms with E-state index in [0.717, 1.165) is 35.7 Å². The van der Waals surface area contributed by atoms with Crippen LogP contribution in [0.5, 0.6) is 0 Å². The van der Waals surface area contributed by atoms with Gasteiger partial charge in [0.15, 0.2) is 0 Å². The van der Waals surface area contributed by atoms with E-state index in [0.29, 0.717) is 0 Å². The highest BCUT2D eigenvalue weighted by Gasteiger charge is 2.16. The molecule has 0 spiro atoms. The highest BCUT2D eigenvalue weighted by atomic mass is 14.9. The fourth-order valence-electron chi connectivity index (χ4n) is 1.68. The summed E-state index contributed by atoms with van der Waals surface area (Å²) in [4.78, 5) is 16.8. The molecular formula is C14H14N4. The Morgan fingerprint density at radius 1 is 0.889 bits per heavy atom. The van der Waals surface area contributed by atoms with Crippen molar-refractivity contribution in [3.8, 4) is 0 Å². The topological polar surface area (TPSA) is 49.4 Å². The maximum Gasteiger partial charge on any atom is 0.0780 e. The van der Waals surface area contributed by atoms with Gasteiger partial charge in [-0.25, -0.2) is 9.98 Å². The van der Waals surface area contributed by atoms with Gasteiger partial charge in [-0.15, -0.1) is 0 Å². The van der Waals surface area contributed by atoms with E-state index in [4.69, 9.17) is 0 Å². The van der Waals surface area contributed by atoms with Crippen LogP contribution in [0.2, 0.25) is 0 Å². The summed E-state index contributed by atoms with van der Waals surface area (Å²) in [5.74, 6) is 0. The number of rotatable bonds is 5. The number of aliphatic imine (C=N–C) groups is 4. The molecule has 2 rings (SSSR count). The van der Waals surface area contributed by atoms with Gasteiger partial charge in [0, 0.05) is 25.2 Å². The molecule has 0 N–H and O–H groups in total. The van der Waals surface area contributed by atoms with E-state index in [1.807, 2.05) is 12.2 Å². The lowest BCUT2D eigenvalue weighted by molar-refractivity contribution is 1.48. The van der Waals surface area contributed by atoms with Crippen LogP contribution in [-0.4, -0.2) is 23.9 Å². The SMILES string of the molecule is C=CN=CC1=CCC(C2=NC(C=NC=C)=CC2)=N1. The predicted octanol–water partition coefficient (Wildman–Crippen LogP) is 2.87. The minimum atomic E-state index is 0.803. The zero-order valence-electron chi connectivity index (χ0n) is 10.1. The minimum Gasteiger partial charge on any atom is -0.263 e. The Balaban J connectivity index is 2.04. The molecule has 18 heavy (non-hydrogen) atoms. The molecule has 0 aliphatic carbocycles. The van der Waals surface area contributed by atoms with E-state index in [2.05, 4.69) is 33.1 Å². The first-order valence-corrected chi connectivity index (χ1v) is 5.67. The number of allylic oxidation sites excluding steroid dienone is 4. The van der Waals surface area contributed by atoms with Crippen LogP contribution in [0.3, 0.4) is 0 Å². The van der Waals surface area contributed by atoms with Crippen LogP contribution in [0.4, 0.5) is 0 Å². The van der Waals surface area contributed by atoms with Crippen LogP contribution in [0, 0.1) is 0 Å². The lowest BCUT2D eigenvalue weighted by Gasteiger charge is -1.96. The van der Waals surface area contributed by atoms with Gasteiger partial charge >= 0.3 is 0 Å². The van der Waals surface area contributed by atoms with E-state index >= 15 is 0 Å². The lowest BCUT2D eigenvalue weighted by Crippen LogP contribution is -2.08. The molecule has 0 saturated heterocycles. The average molecular weight is 238 g/mol. The summed E-state index contributed by atoms with van der Waals surface area (Å²) >= 11 is 0. The molecule has 2 aliphatic heterocycles. The molecule has 0 unspecified atom stereocenters. The first kappa shape index (κ1) is 12.1. The molecule has 0 amide bonds. The Bertz CT molecular complexity index is 492. The van der Waals surface area contributed by atoms with Crippen molar-refractivity contribution in [2.45, 2.75) is 12.8 Å². The first-order chi connectivity index (χ1) is 8.83. The molecular weight excluding hydrogens is 224 g/mol. The molecule has 90 valence electrons. The quantitative estimate of drug-likeness (QED) is 0.661. The van der Waals surface area contributed by atoms with Crippen LogP contribution in [0.1, 0.15) is 12.8 Å². The normalized spacial score (nSPS) is 18.9. The van der Waals surface area contributed by atoms with Gasteiger partial charge < -0.3 is 0 Å². The smallest absolute Gasteiger partial charge is 0.0780 e. The van der Waals surface area contributed by atoms with E-state index in [9.17, 15) is 0 Å². The molecule has 0 saturated carbocycles. The van der Waals surface area contributed by atoms with Crippen molar-refractivity contribution in [3.05, 3.63) is 49.1 Å². The molecule has 2 aliphatic rings. The predicted molar refractivity (Wildman–Crippen MR) is 77.6 cm³/mol. The van der Waals surface area contributed by atoms with Crippen molar-refractivity contribution in [3.63, 3.8) is 0 Å². The molecule has 4 nitrogen and oxygen atoms in total. The molecule has 0 aromatic rings. The molecule has 0 aromatic heterocycles. The van der Waals surface area contributed by atoms with Gasteiger partial charge in [-0.3, -0.25) is 9.98 Å². The van der Waals surface area contributed by atoms with Gasteiger partial charge in [0.05, 0.1) is 35.2 Å². The number of hydrogen-bond donors (Lipinski definition) is 0. The van der Waals surface area contributed by atoms with Gasteiger partial charge in [-0.05, 0) is 0 Å². The molecule has 0 radical (unpaired) electrons. The Morgan fingerprint density at radius 2 is 1.33 bits per heavy atom. The van der Waals surface area contributed by atoms with Gasteiger partial charge in [0.1, 0.15) is 0 Å². The second-order valence-electron chi connectivity index (χ2n) is 3.70. The van der Waals surface area contributed by atoms with Gasteiger partial charge in [-0.2, -0.15) is 0 Å². The van der Waals surface area contributed by atoms with Crippen molar-refractivity contribution < 1.29 is 0 Å². The monoisotopic (exact) mass is 238 g/mol. The van der Waals surface area contributed by atoms with Gasteiger partial charge in [0.25, 0.3) is 0 Å². The highest BCUT2D eigenvalue weighted by molar-refractivity contribution is 6.45. The van der Waals surface area contributed by atoms with E-state index in [1.165, 1.54) is 12.4 Å². The second kappa shape index (κ2) is 5.82. The molecule has 0 atom stereocenters. The largest absolute Gasteiger partial charge is 0.263 e. The third kappa shape index (κ3) is 2.85. The summed E-state index contributed by atoms with van der Waals surface area (Å²) in [5.41, 5.74) is 3.72. The minimum absolute atomic E-state index is 0.803. The molecule has 0 aromatic carbocycles. The average Bonchev–Trinajstić information content (AvgIpc) is 3.02. The Labute approximate surface area is 106 Å². The second-order valence-corrected chi connectivity index (χ2v) is 3.70. The lowest BCUT2D eigenvalue weighted by atomic mass is 10.1. The standard InChI is InChI=1S/C14H14N4/c1-3-15-9-11-5-7-13(17-11)14-8-6-12(18-14)10-16-4-2/h3-6,9-10H,1-2,7-8H2. The van der Waals surface area contributed by atoms with E-state index < -0.39 is 0 Å². The Hall–Kier alpha value is -2.36. The summed E-state index contributed by atoms with van der Waals surface area (Å²) in [5, 5.41) is 0. The van der Waals surface area contributed by atoms with E-state index in [-0.39, 0.29) is 0 Å².